The van der Waals surface area contributed by atoms with Crippen LogP contribution in [-0.2, 0) is 16.1 Å². The van der Waals surface area contributed by atoms with E-state index in [1.54, 1.807) is 0 Å². The predicted molar refractivity (Wildman–Crippen MR) is 69.1 cm³/mol. The molecule has 1 aromatic carbocycles. The van der Waals surface area contributed by atoms with Crippen LogP contribution in [0.5, 0.6) is 0 Å². The van der Waals surface area contributed by atoms with Gasteiger partial charge in [-0.1, -0.05) is 12.1 Å². The second kappa shape index (κ2) is 6.59. The topological polar surface area (TPSA) is 64.3 Å². The summed E-state index contributed by atoms with van der Waals surface area (Å²) in [6.45, 7) is 1.74. The molecule has 0 bridgehead atoms. The van der Waals surface area contributed by atoms with Crippen LogP contribution in [0.25, 0.3) is 0 Å². The number of hydrogen-bond acceptors (Lipinski definition) is 3. The van der Waals surface area contributed by atoms with Gasteiger partial charge in [-0.2, -0.15) is 0 Å². The molecule has 94 valence electrons. The maximum Gasteiger partial charge on any atom is 0.229 e. The van der Waals surface area contributed by atoms with Crippen LogP contribution in [0, 0.1) is 5.92 Å². The number of halogens is 1. The number of nitrogens with one attached hydrogen (secondary N) is 1. The van der Waals surface area contributed by atoms with Gasteiger partial charge in [0.2, 0.25) is 5.91 Å². The minimum Gasteiger partial charge on any atom is -0.381 e. The van der Waals surface area contributed by atoms with Crippen LogP contribution in [0.3, 0.4) is 0 Å². The van der Waals surface area contributed by atoms with E-state index in [0.29, 0.717) is 19.8 Å². The Balaban J connectivity index is 0.00000144. The van der Waals surface area contributed by atoms with Crippen LogP contribution < -0.4 is 11.1 Å². The number of rotatable bonds is 3. The number of carbonyl (C=O) groups is 1. The van der Waals surface area contributed by atoms with Crippen molar-refractivity contribution in [1.29, 1.82) is 0 Å². The van der Waals surface area contributed by atoms with E-state index in [4.69, 9.17) is 10.5 Å². The Morgan fingerprint density at radius 1 is 1.41 bits per heavy atom. The molecule has 1 aliphatic heterocycles. The van der Waals surface area contributed by atoms with Gasteiger partial charge in [0.1, 0.15) is 0 Å². The SMILES string of the molecule is Cl.NCc1ccc(NC(=O)C2CCOC2)cc1. The highest BCUT2D eigenvalue weighted by Gasteiger charge is 2.23. The van der Waals surface area contributed by atoms with Gasteiger partial charge in [-0.05, 0) is 24.1 Å². The summed E-state index contributed by atoms with van der Waals surface area (Å²) in [5.41, 5.74) is 7.37. The first-order chi connectivity index (χ1) is 7.79. The molecule has 1 fully saturated rings. The van der Waals surface area contributed by atoms with Gasteiger partial charge in [0, 0.05) is 18.8 Å². The largest absolute Gasteiger partial charge is 0.381 e. The van der Waals surface area contributed by atoms with Crippen LogP contribution in [0.1, 0.15) is 12.0 Å². The fraction of sp³-hybridized carbons (Fsp3) is 0.417. The summed E-state index contributed by atoms with van der Waals surface area (Å²) in [7, 11) is 0. The van der Waals surface area contributed by atoms with Gasteiger partial charge in [-0.15, -0.1) is 12.4 Å². The Hall–Kier alpha value is -1.10. The molecule has 1 aromatic rings. The Bertz CT molecular complexity index is 361. The van der Waals surface area contributed by atoms with Gasteiger partial charge in [-0.25, -0.2) is 0 Å². The summed E-state index contributed by atoms with van der Waals surface area (Å²) in [5, 5.41) is 2.88. The van der Waals surface area contributed by atoms with Crippen molar-refractivity contribution in [3.63, 3.8) is 0 Å². The highest BCUT2D eigenvalue weighted by Crippen LogP contribution is 2.16. The quantitative estimate of drug-likeness (QED) is 0.862. The minimum absolute atomic E-state index is 0. The molecule has 1 heterocycles. The molecule has 1 atom stereocenters. The Morgan fingerprint density at radius 3 is 2.65 bits per heavy atom. The third-order valence-corrected chi connectivity index (χ3v) is 2.76. The van der Waals surface area contributed by atoms with Crippen molar-refractivity contribution < 1.29 is 9.53 Å². The van der Waals surface area contributed by atoms with E-state index in [1.165, 1.54) is 0 Å². The summed E-state index contributed by atoms with van der Waals surface area (Å²) in [5.74, 6) is 0.0344. The van der Waals surface area contributed by atoms with Crippen molar-refractivity contribution in [2.75, 3.05) is 18.5 Å². The van der Waals surface area contributed by atoms with Gasteiger partial charge in [0.15, 0.2) is 0 Å². The molecule has 0 spiro atoms. The molecule has 0 aliphatic carbocycles. The van der Waals surface area contributed by atoms with Crippen molar-refractivity contribution in [2.45, 2.75) is 13.0 Å². The zero-order valence-electron chi connectivity index (χ0n) is 9.52. The molecule has 1 amide bonds. The monoisotopic (exact) mass is 256 g/mol. The van der Waals surface area contributed by atoms with Gasteiger partial charge < -0.3 is 15.8 Å². The molecule has 2 rings (SSSR count). The lowest BCUT2D eigenvalue weighted by atomic mass is 10.1. The van der Waals surface area contributed by atoms with Gasteiger partial charge in [0.25, 0.3) is 0 Å². The number of carbonyl (C=O) groups excluding carboxylic acids is 1. The highest BCUT2D eigenvalue weighted by molar-refractivity contribution is 5.92. The normalized spacial score (nSPS) is 18.5. The first-order valence-corrected chi connectivity index (χ1v) is 5.47. The first-order valence-electron chi connectivity index (χ1n) is 5.47. The molecule has 0 aromatic heterocycles. The lowest BCUT2D eigenvalue weighted by molar-refractivity contribution is -0.119. The van der Waals surface area contributed by atoms with Gasteiger partial charge in [0.05, 0.1) is 12.5 Å². The number of hydrogen-bond donors (Lipinski definition) is 2. The summed E-state index contributed by atoms with van der Waals surface area (Å²) >= 11 is 0. The lowest BCUT2D eigenvalue weighted by Gasteiger charge is -2.09. The van der Waals surface area contributed by atoms with Crippen LogP contribution in [0.2, 0.25) is 0 Å². The van der Waals surface area contributed by atoms with Crippen LogP contribution in [0.4, 0.5) is 5.69 Å². The summed E-state index contributed by atoms with van der Waals surface area (Å²) in [4.78, 5) is 11.8. The van der Waals surface area contributed by atoms with Crippen LogP contribution in [0.15, 0.2) is 24.3 Å². The summed E-state index contributed by atoms with van der Waals surface area (Å²) < 4.78 is 5.18. The van der Waals surface area contributed by atoms with E-state index in [0.717, 1.165) is 17.7 Å². The molecule has 17 heavy (non-hydrogen) atoms. The molecular weight excluding hydrogens is 240 g/mol. The van der Waals surface area contributed by atoms with E-state index in [1.807, 2.05) is 24.3 Å². The fourth-order valence-corrected chi connectivity index (χ4v) is 1.71. The summed E-state index contributed by atoms with van der Waals surface area (Å²) in [6, 6.07) is 7.58. The van der Waals surface area contributed by atoms with Crippen molar-refractivity contribution in [3.05, 3.63) is 29.8 Å². The second-order valence-corrected chi connectivity index (χ2v) is 3.95. The van der Waals surface area contributed by atoms with E-state index < -0.39 is 0 Å². The smallest absolute Gasteiger partial charge is 0.229 e. The molecule has 1 unspecified atom stereocenters. The standard InChI is InChI=1S/C12H16N2O2.ClH/c13-7-9-1-3-11(4-2-9)14-12(15)10-5-6-16-8-10;/h1-4,10H,5-8,13H2,(H,14,15);1H. The number of nitrogens with two attached hydrogens (primary N) is 1. The molecule has 5 heteroatoms. The van der Waals surface area contributed by atoms with E-state index >= 15 is 0 Å². The number of ether oxygens (including phenoxy) is 1. The maximum absolute atomic E-state index is 11.8. The predicted octanol–water partition coefficient (Wildman–Crippen LogP) is 1.54. The van der Waals surface area contributed by atoms with Crippen molar-refractivity contribution in [1.82, 2.24) is 0 Å². The zero-order chi connectivity index (χ0) is 11.4. The Morgan fingerprint density at radius 2 is 2.12 bits per heavy atom. The third kappa shape index (κ3) is 3.70. The molecule has 0 saturated carbocycles. The molecule has 4 nitrogen and oxygen atoms in total. The zero-order valence-corrected chi connectivity index (χ0v) is 10.3. The molecule has 0 radical (unpaired) electrons. The molecule has 1 saturated heterocycles. The van der Waals surface area contributed by atoms with Crippen molar-refractivity contribution in [2.24, 2.45) is 11.7 Å². The van der Waals surface area contributed by atoms with Crippen LogP contribution >= 0.6 is 12.4 Å². The Labute approximate surface area is 107 Å². The number of benzene rings is 1. The second-order valence-electron chi connectivity index (χ2n) is 3.95. The van der Waals surface area contributed by atoms with E-state index in [9.17, 15) is 4.79 Å². The molecule has 1 aliphatic rings. The maximum atomic E-state index is 11.8. The number of amides is 1. The fourth-order valence-electron chi connectivity index (χ4n) is 1.71. The Kier molecular flexibility index (Phi) is 5.41. The first kappa shape index (κ1) is 14.0. The van der Waals surface area contributed by atoms with Crippen molar-refractivity contribution >= 4 is 24.0 Å². The van der Waals surface area contributed by atoms with Gasteiger partial charge >= 0.3 is 0 Å². The van der Waals surface area contributed by atoms with Crippen LogP contribution in [-0.4, -0.2) is 19.1 Å². The van der Waals surface area contributed by atoms with E-state index in [2.05, 4.69) is 5.32 Å². The minimum atomic E-state index is -0.00538. The van der Waals surface area contributed by atoms with E-state index in [-0.39, 0.29) is 24.2 Å². The molecule has 3 N–H and O–H groups in total. The number of anilines is 1. The lowest BCUT2D eigenvalue weighted by Crippen LogP contribution is -2.22. The third-order valence-electron chi connectivity index (χ3n) is 2.76. The summed E-state index contributed by atoms with van der Waals surface area (Å²) in [6.07, 6.45) is 0.812. The average molecular weight is 257 g/mol. The van der Waals surface area contributed by atoms with Crippen molar-refractivity contribution in [3.8, 4) is 0 Å². The molecular formula is C12H17ClN2O2. The van der Waals surface area contributed by atoms with Gasteiger partial charge in [-0.3, -0.25) is 4.79 Å². The highest BCUT2D eigenvalue weighted by atomic mass is 35.5. The average Bonchev–Trinajstić information content (AvgIpc) is 2.83.